The Labute approximate surface area is 2140 Å². The van der Waals surface area contributed by atoms with Gasteiger partial charge in [-0.05, 0) is 0 Å². The van der Waals surface area contributed by atoms with Crippen molar-refractivity contribution in [2.24, 2.45) is 0 Å². The van der Waals surface area contributed by atoms with E-state index in [4.69, 9.17) is 0 Å². The summed E-state index contributed by atoms with van der Waals surface area (Å²) in [5, 5.41) is 0. The van der Waals surface area contributed by atoms with Crippen LogP contribution in [0.3, 0.4) is 0 Å². The van der Waals surface area contributed by atoms with Gasteiger partial charge in [0.15, 0.2) is 0 Å². The van der Waals surface area contributed by atoms with Crippen molar-refractivity contribution in [3.8, 4) is 0 Å². The summed E-state index contributed by atoms with van der Waals surface area (Å²) < 4.78 is 0. The summed E-state index contributed by atoms with van der Waals surface area (Å²) >= 11 is 0. The maximum atomic E-state index is 3.25. The predicted octanol–water partition coefficient (Wildman–Crippen LogP) is 6.52. The van der Waals surface area contributed by atoms with Crippen LogP contribution in [0.2, 0.25) is 0 Å². The van der Waals surface area contributed by atoms with Gasteiger partial charge in [0.2, 0.25) is 0 Å². The zero-order valence-electron chi connectivity index (χ0n) is 50.9. The smallest absolute Gasteiger partial charge is 0 e. The minimum atomic E-state index is 0. The number of hydrogen-bond acceptors (Lipinski definition) is 0. The Morgan fingerprint density at radius 2 is 0.0759 bits per heavy atom. The second-order valence-corrected chi connectivity index (χ2v) is 0. The van der Waals surface area contributed by atoms with Gasteiger partial charge in [0, 0.05) is 2130 Å². The van der Waals surface area contributed by atoms with E-state index >= 15 is 0 Å². The molecule has 0 aliphatic rings. The second-order valence-electron chi connectivity index (χ2n) is 0. The van der Waals surface area contributed by atoms with Gasteiger partial charge < -0.3 is 28.7 Å². The zero-order valence-corrected chi connectivity index (χ0v) is 235. The summed E-state index contributed by atoms with van der Waals surface area (Å²) in [5.41, 5.74) is 0. The van der Waals surface area contributed by atoms with E-state index in [9.17, 15) is 0 Å². The molecule has 0 fully saturated rings. The van der Waals surface area contributed by atoms with E-state index in [-0.39, 0.29) is 2140 Å². The van der Waals surface area contributed by atoms with Crippen molar-refractivity contribution in [1.29, 1.82) is 0 Å². The van der Waals surface area contributed by atoms with Gasteiger partial charge in [0.05, 0.1) is 0 Å². The fourth-order valence-electron chi connectivity index (χ4n) is 0. The molecule has 79 heavy (non-hydrogen) atoms. The molecule has 65 heteroatoms. The molecule has 65 radical (unpaired) electrons. The molecule has 0 aromatic rings. The summed E-state index contributed by atoms with van der Waals surface area (Å²) in [6.07, 6.45) is 0. The van der Waals surface area contributed by atoms with E-state index in [2.05, 4.69) is 13.8 Å². The largest absolute Gasteiger partial charge is 0.358 e. The Kier molecular flexibility index (Phi) is 4560. The molecule has 0 saturated heterocycles. The van der Waals surface area contributed by atoms with Crippen LogP contribution in [0.4, 0.5) is 0 Å². The second kappa shape index (κ2) is 644. The van der Waals surface area contributed by atoms with Gasteiger partial charge in [0.1, 0.15) is 0 Å². The first-order valence-corrected chi connectivity index (χ1v) is 5.41. The first kappa shape index (κ1) is 559. The van der Waals surface area contributed by atoms with Crippen LogP contribution in [0.1, 0.15) is 69.2 Å². The first-order chi connectivity index (χ1) is 6.00. The molecule has 0 amide bonds. The quantitative estimate of drug-likeness (QED) is 0.243. The summed E-state index contributed by atoms with van der Waals surface area (Å²) in [7, 11) is 0. The fraction of sp³-hybridized carbons (Fsp3) is 0.714. The van der Waals surface area contributed by atoms with Crippen LogP contribution in [0.25, 0.3) is 0 Å². The van der Waals surface area contributed by atoms with Crippen molar-refractivity contribution >= 4 is 0 Å². The van der Waals surface area contributed by atoms with Crippen LogP contribution in [-0.4, -0.2) is 0 Å². The van der Waals surface area contributed by atoms with Crippen molar-refractivity contribution in [2.45, 2.75) is 69.2 Å². The molecular weight excluding hydrogens is 5950 g/mol. The maximum Gasteiger partial charge on any atom is 0 e. The van der Waals surface area contributed by atoms with Gasteiger partial charge in [0.25, 0.3) is 0 Å². The third kappa shape index (κ3) is 635. The molecule has 0 saturated carbocycles. The minimum absolute atomic E-state index is 0. The average molecular weight is 5990 g/mol. The van der Waals surface area contributed by atoms with Crippen molar-refractivity contribution in [3.63, 3.8) is 0 Å². The Bertz CT molecular complexity index is 53.2. The molecule has 0 aliphatic carbocycles. The van der Waals surface area contributed by atoms with Crippen LogP contribution < -0.4 is 0 Å². The summed E-state index contributed by atoms with van der Waals surface area (Å²) in [6, 6.07) is 0. The molecule has 0 atom stereocenters. The molecule has 295 valence electrons. The van der Waals surface area contributed by atoms with Crippen molar-refractivity contribution in [3.05, 3.63) is 28.7 Å². The van der Waals surface area contributed by atoms with E-state index in [0.717, 1.165) is 0 Å². The van der Waals surface area contributed by atoms with Crippen LogP contribution in [0.15, 0.2) is 0 Å². The fourth-order valence-corrected chi connectivity index (χ4v) is 0. The Morgan fingerprint density at radius 3 is 0.0759 bits per heavy atom. The molecule has 0 N–H and O–H groups in total. The molecule has 0 aromatic heterocycles. The molecule has 0 nitrogen and oxygen atoms in total. The van der Waals surface area contributed by atoms with Crippen molar-refractivity contribution in [1.82, 2.24) is 0 Å². The maximum absolute atomic E-state index is 3.25. The zero-order chi connectivity index (χ0) is 12.0. The van der Waals surface area contributed by atoms with E-state index in [1.54, 1.807) is 13.8 Å². The SMILES string of the molecule is CC.CC.CC.CC.[CH2-]C.[CH2-]C.[CH3-].[CH3-].[Y].[Y].[Y].[Y].[Y].[Y].[Y].[Y].[Y].[Y].[Y].[Y].[Y].[Y].[Y].[Y].[Y].[Y].[Y].[Y].[Y].[Y].[Y].[Y].[Y].[Y].[Y].[Y].[Y].[Y].[Y].[Y].[Y].[Y].[Y].[Y].[Y].[Y].[Y].[Y].[Y].[Y].[Y].[Y].[Y].[Y].[Y].[Y].[Y].[Y].[Y].[Y].[Y].[Y].[Y].[Y].[Y].[Y].[Y].[Y].[Y].[Y].[Y].[Y].[Y]. The van der Waals surface area contributed by atoms with E-state index < -0.39 is 0 Å². The predicted molar refractivity (Wildman–Crippen MR) is 80.3 cm³/mol. The number of hydrogen-bond donors (Lipinski definition) is 0. The van der Waals surface area contributed by atoms with Crippen LogP contribution in [0, 0.1) is 28.7 Å². The Morgan fingerprint density at radius 1 is 0.0759 bits per heavy atom. The Hall–Kier alpha value is 71.8. The molecule has 0 heterocycles. The minimum Gasteiger partial charge on any atom is -0.358 e. The summed E-state index contributed by atoms with van der Waals surface area (Å²) in [4.78, 5) is 0. The van der Waals surface area contributed by atoms with E-state index in [1.807, 2.05) is 55.4 Å². The van der Waals surface area contributed by atoms with Gasteiger partial charge in [-0.1, -0.05) is 55.4 Å². The summed E-state index contributed by atoms with van der Waals surface area (Å²) in [5.74, 6) is 0. The third-order valence-electron chi connectivity index (χ3n) is 0. The van der Waals surface area contributed by atoms with Crippen molar-refractivity contribution in [2.75, 3.05) is 0 Å². The Balaban J connectivity index is -0.0000000000658. The standard InChI is InChI=1S/4C2H6.2C2H5.2CH3.65Y/c6*1-2;;;;;;;;;;;;;;;;;;;;;;;;;;;;;;;;;;;;;;;;;;;;;;;;;;;;;;;;;;;;;;;;;;;/h4*1-2H3;2*1H2,2H3;2*1H3;;;;;;;;;;;;;;;;;;;;;;;;;;;;;;;;;;;;;;;;;;;;;;;;;;;;;;;;;;;;;;;;;/q;;;;4*-1;;;;;;;;;;;;;;;;;;;;;;;;;;;;;;;;;;;;;;;;;;;;;;;;;;;;;;;;;;;;;;;;;. The van der Waals surface area contributed by atoms with Gasteiger partial charge in [-0.25, -0.2) is 0 Å². The van der Waals surface area contributed by atoms with Gasteiger partial charge in [-0.2, -0.15) is 13.8 Å². The molecule has 0 aliphatic heterocycles. The van der Waals surface area contributed by atoms with Gasteiger partial charge in [-0.3, -0.25) is 0 Å². The molecule has 0 spiro atoms. The van der Waals surface area contributed by atoms with Crippen LogP contribution >= 0.6 is 0 Å². The topological polar surface area (TPSA) is 0 Å². The molecular formula is C14H40Y65-4. The average Bonchev–Trinajstić information content (AvgIpc) is 2.33. The molecule has 0 aromatic carbocycles. The van der Waals surface area contributed by atoms with Gasteiger partial charge in [-0.15, -0.1) is 0 Å². The van der Waals surface area contributed by atoms with Crippen molar-refractivity contribution < 1.29 is 2130 Å². The molecule has 0 rings (SSSR count). The first-order valence-electron chi connectivity index (χ1n) is 5.41. The van der Waals surface area contributed by atoms with Gasteiger partial charge >= 0.3 is 0 Å². The molecule has 0 bridgehead atoms. The van der Waals surface area contributed by atoms with Crippen LogP contribution in [0.5, 0.6) is 0 Å². The summed E-state index contributed by atoms with van der Waals surface area (Å²) in [6.45, 7) is 26.0. The third-order valence-corrected chi connectivity index (χ3v) is 0. The van der Waals surface area contributed by atoms with Crippen LogP contribution in [-0.2, 0) is 2130 Å². The van der Waals surface area contributed by atoms with E-state index in [1.165, 1.54) is 0 Å². The normalized spacial score (nSPS) is 0.456. The molecule has 0 unspecified atom stereocenters. The monoisotopic (exact) mass is 5990 g/mol. The van der Waals surface area contributed by atoms with E-state index in [0.29, 0.717) is 0 Å². The number of rotatable bonds is 0.